The first kappa shape index (κ1) is 20.6. The van der Waals surface area contributed by atoms with Crippen molar-refractivity contribution in [3.8, 4) is 22.8 Å². The Morgan fingerprint density at radius 2 is 1.81 bits per heavy atom. The van der Waals surface area contributed by atoms with Crippen LogP contribution in [0.2, 0.25) is 0 Å². The monoisotopic (exact) mass is 419 g/mol. The number of rotatable bonds is 5. The normalized spacial score (nSPS) is 14.3. The van der Waals surface area contributed by atoms with Gasteiger partial charge in [-0.05, 0) is 49.5 Å². The molecule has 1 amide bonds. The van der Waals surface area contributed by atoms with Crippen molar-refractivity contribution >= 4 is 17.4 Å². The quantitative estimate of drug-likeness (QED) is 0.657. The highest BCUT2D eigenvalue weighted by atomic mass is 16.5. The number of likely N-dealkylation sites (N-methyl/N-ethyl adjacent to an activating group) is 1. The molecule has 1 aromatic heterocycles. The van der Waals surface area contributed by atoms with Gasteiger partial charge >= 0.3 is 0 Å². The Kier molecular flexibility index (Phi) is 5.99. The van der Waals surface area contributed by atoms with Crippen molar-refractivity contribution in [3.05, 3.63) is 60.4 Å². The number of methoxy groups -OCH3 is 1. The number of aromatic nitrogens is 2. The van der Waals surface area contributed by atoms with Gasteiger partial charge in [0.2, 0.25) is 0 Å². The summed E-state index contributed by atoms with van der Waals surface area (Å²) in [6.45, 7) is 3.19. The number of anilines is 2. The molecular formula is C23H25N5O3. The fraction of sp³-hybridized carbons (Fsp3) is 0.261. The molecule has 8 heteroatoms. The lowest BCUT2D eigenvalue weighted by Gasteiger charge is -2.32. The molecule has 31 heavy (non-hydrogen) atoms. The van der Waals surface area contributed by atoms with Crippen LogP contribution in [0.5, 0.6) is 11.5 Å². The SMILES string of the molecule is COc1cc(C(=O)N2CCN(C)CC2)ccc1Nc1cncc(-c2ccc(O)cc2)n1. The minimum atomic E-state index is 0.00655. The molecule has 0 unspecified atom stereocenters. The van der Waals surface area contributed by atoms with Crippen molar-refractivity contribution in [1.29, 1.82) is 0 Å². The molecule has 1 saturated heterocycles. The van der Waals surface area contributed by atoms with E-state index in [9.17, 15) is 9.90 Å². The number of carbonyl (C=O) groups is 1. The highest BCUT2D eigenvalue weighted by molar-refractivity contribution is 5.95. The molecule has 3 aromatic rings. The molecule has 160 valence electrons. The van der Waals surface area contributed by atoms with Crippen LogP contribution in [0.4, 0.5) is 11.5 Å². The first-order chi connectivity index (χ1) is 15.0. The number of nitrogens with one attached hydrogen (secondary N) is 1. The molecule has 0 aliphatic carbocycles. The molecule has 0 spiro atoms. The maximum absolute atomic E-state index is 12.9. The number of amides is 1. The Bertz CT molecular complexity index is 1060. The Balaban J connectivity index is 1.53. The molecule has 2 N–H and O–H groups in total. The summed E-state index contributed by atoms with van der Waals surface area (Å²) in [6.07, 6.45) is 3.28. The Morgan fingerprint density at radius 3 is 2.52 bits per heavy atom. The highest BCUT2D eigenvalue weighted by Gasteiger charge is 2.21. The van der Waals surface area contributed by atoms with Gasteiger partial charge in [0.15, 0.2) is 0 Å². The number of hydrogen-bond donors (Lipinski definition) is 2. The van der Waals surface area contributed by atoms with Gasteiger partial charge in [-0.3, -0.25) is 9.78 Å². The number of aromatic hydroxyl groups is 1. The molecule has 1 fully saturated rings. The van der Waals surface area contributed by atoms with E-state index in [1.54, 1.807) is 55.9 Å². The van der Waals surface area contributed by atoms with E-state index >= 15 is 0 Å². The summed E-state index contributed by atoms with van der Waals surface area (Å²) in [5, 5.41) is 12.7. The highest BCUT2D eigenvalue weighted by Crippen LogP contribution is 2.29. The first-order valence-corrected chi connectivity index (χ1v) is 10.1. The molecule has 2 heterocycles. The van der Waals surface area contributed by atoms with Crippen LogP contribution in [0, 0.1) is 0 Å². The van der Waals surface area contributed by atoms with Crippen LogP contribution >= 0.6 is 0 Å². The van der Waals surface area contributed by atoms with Crippen molar-refractivity contribution < 1.29 is 14.6 Å². The lowest BCUT2D eigenvalue weighted by atomic mass is 10.1. The zero-order chi connectivity index (χ0) is 21.8. The summed E-state index contributed by atoms with van der Waals surface area (Å²) in [4.78, 5) is 25.8. The Labute approximate surface area is 181 Å². The predicted octanol–water partition coefficient (Wildman–Crippen LogP) is 2.99. The molecule has 0 radical (unpaired) electrons. The maximum Gasteiger partial charge on any atom is 0.254 e. The maximum atomic E-state index is 12.9. The van der Waals surface area contributed by atoms with Crippen LogP contribution in [0.3, 0.4) is 0 Å². The van der Waals surface area contributed by atoms with E-state index in [0.29, 0.717) is 28.5 Å². The van der Waals surface area contributed by atoms with E-state index in [0.717, 1.165) is 31.7 Å². The summed E-state index contributed by atoms with van der Waals surface area (Å²) in [5.41, 5.74) is 2.80. The lowest BCUT2D eigenvalue weighted by molar-refractivity contribution is 0.0664. The molecule has 4 rings (SSSR count). The minimum absolute atomic E-state index is 0.00655. The zero-order valence-corrected chi connectivity index (χ0v) is 17.6. The zero-order valence-electron chi connectivity index (χ0n) is 17.6. The van der Waals surface area contributed by atoms with Crippen LogP contribution in [-0.4, -0.2) is 71.1 Å². The summed E-state index contributed by atoms with van der Waals surface area (Å²) in [6, 6.07) is 12.1. The van der Waals surface area contributed by atoms with Crippen molar-refractivity contribution in [2.75, 3.05) is 45.7 Å². The van der Waals surface area contributed by atoms with Gasteiger partial charge < -0.3 is 25.0 Å². The topological polar surface area (TPSA) is 90.8 Å². The van der Waals surface area contributed by atoms with E-state index in [1.807, 2.05) is 11.0 Å². The van der Waals surface area contributed by atoms with Gasteiger partial charge in [0.25, 0.3) is 5.91 Å². The predicted molar refractivity (Wildman–Crippen MR) is 119 cm³/mol. The molecule has 2 aromatic carbocycles. The molecule has 0 bridgehead atoms. The summed E-state index contributed by atoms with van der Waals surface area (Å²) in [7, 11) is 3.63. The van der Waals surface area contributed by atoms with Crippen LogP contribution < -0.4 is 10.1 Å². The second-order valence-electron chi connectivity index (χ2n) is 7.47. The average molecular weight is 419 g/mol. The van der Waals surface area contributed by atoms with Crippen LogP contribution in [0.25, 0.3) is 11.3 Å². The first-order valence-electron chi connectivity index (χ1n) is 10.1. The molecule has 8 nitrogen and oxygen atoms in total. The third-order valence-corrected chi connectivity index (χ3v) is 5.30. The van der Waals surface area contributed by atoms with E-state index in [-0.39, 0.29) is 11.7 Å². The fourth-order valence-electron chi connectivity index (χ4n) is 3.46. The van der Waals surface area contributed by atoms with E-state index in [4.69, 9.17) is 4.74 Å². The van der Waals surface area contributed by atoms with E-state index < -0.39 is 0 Å². The van der Waals surface area contributed by atoms with E-state index in [1.165, 1.54) is 0 Å². The number of nitrogens with zero attached hydrogens (tertiary/aromatic N) is 4. The van der Waals surface area contributed by atoms with Crippen molar-refractivity contribution in [1.82, 2.24) is 19.8 Å². The fourth-order valence-corrected chi connectivity index (χ4v) is 3.46. The smallest absolute Gasteiger partial charge is 0.254 e. The molecular weight excluding hydrogens is 394 g/mol. The average Bonchev–Trinajstić information content (AvgIpc) is 2.80. The third-order valence-electron chi connectivity index (χ3n) is 5.30. The standard InChI is InChI=1S/C23H25N5O3/c1-27-9-11-28(12-10-27)23(30)17-5-8-19(21(13-17)31-2)25-22-15-24-14-20(26-22)16-3-6-18(29)7-4-16/h3-8,13-15,29H,9-12H2,1-2H3,(H,25,26). The van der Waals surface area contributed by atoms with E-state index in [2.05, 4.69) is 27.2 Å². The van der Waals surface area contributed by atoms with Gasteiger partial charge in [0.1, 0.15) is 17.3 Å². The van der Waals surface area contributed by atoms with Crippen LogP contribution in [-0.2, 0) is 0 Å². The van der Waals surface area contributed by atoms with Crippen LogP contribution in [0.15, 0.2) is 54.9 Å². The number of carbonyl (C=O) groups excluding carboxylic acids is 1. The van der Waals surface area contributed by atoms with Crippen LogP contribution in [0.1, 0.15) is 10.4 Å². The van der Waals surface area contributed by atoms with Gasteiger partial charge in [-0.1, -0.05) is 0 Å². The van der Waals surface area contributed by atoms with Crippen molar-refractivity contribution in [3.63, 3.8) is 0 Å². The largest absolute Gasteiger partial charge is 0.508 e. The molecule has 0 saturated carbocycles. The number of hydrogen-bond acceptors (Lipinski definition) is 7. The number of benzene rings is 2. The molecule has 1 aliphatic rings. The molecule has 1 aliphatic heterocycles. The number of phenols is 1. The van der Waals surface area contributed by atoms with Gasteiger partial charge in [0.05, 0.1) is 30.9 Å². The Hall–Kier alpha value is -3.65. The van der Waals surface area contributed by atoms with Crippen molar-refractivity contribution in [2.24, 2.45) is 0 Å². The molecule has 0 atom stereocenters. The van der Waals surface area contributed by atoms with Gasteiger partial charge in [0, 0.05) is 37.3 Å². The van der Waals surface area contributed by atoms with Crippen molar-refractivity contribution in [2.45, 2.75) is 0 Å². The summed E-state index contributed by atoms with van der Waals surface area (Å²) >= 11 is 0. The van der Waals surface area contributed by atoms with Gasteiger partial charge in [-0.25, -0.2) is 4.98 Å². The minimum Gasteiger partial charge on any atom is -0.508 e. The lowest BCUT2D eigenvalue weighted by Crippen LogP contribution is -2.47. The Morgan fingerprint density at radius 1 is 1.06 bits per heavy atom. The van der Waals surface area contributed by atoms with Gasteiger partial charge in [-0.15, -0.1) is 0 Å². The second-order valence-corrected chi connectivity index (χ2v) is 7.47. The number of ether oxygens (including phenoxy) is 1. The number of piperazine rings is 1. The second kappa shape index (κ2) is 9.01. The third kappa shape index (κ3) is 4.75. The number of phenolic OH excluding ortho intramolecular Hbond substituents is 1. The summed E-state index contributed by atoms with van der Waals surface area (Å²) in [5.74, 6) is 1.30. The summed E-state index contributed by atoms with van der Waals surface area (Å²) < 4.78 is 5.52. The van der Waals surface area contributed by atoms with Gasteiger partial charge in [-0.2, -0.15) is 0 Å².